The molecule has 1 atom stereocenters. The Bertz CT molecular complexity index is 612. The number of hydrogen-bond donors (Lipinski definition) is 2. The molecule has 1 heterocycles. The number of benzene rings is 1. The minimum Gasteiger partial charge on any atom is -0.492 e. The number of fused-ring (bicyclic) bond motifs is 1. The highest BCUT2D eigenvalue weighted by atomic mass is 35.5. The van der Waals surface area contributed by atoms with Gasteiger partial charge in [0.25, 0.3) is 0 Å². The third-order valence-electron chi connectivity index (χ3n) is 4.62. The number of carboxylic acid groups (broad SMARTS) is 1. The number of aliphatic carboxylic acids is 1. The molecule has 6 heteroatoms. The molecule has 1 unspecified atom stereocenters. The fourth-order valence-electron chi connectivity index (χ4n) is 3.16. The molecule has 1 aromatic rings. The van der Waals surface area contributed by atoms with Crippen molar-refractivity contribution >= 4 is 23.5 Å². The van der Waals surface area contributed by atoms with Crippen LogP contribution in [-0.4, -0.2) is 23.6 Å². The number of carbonyl (C=O) groups is 2. The third kappa shape index (κ3) is 2.65. The zero-order valence-corrected chi connectivity index (χ0v) is 12.9. The third-order valence-corrected chi connectivity index (χ3v) is 4.92. The van der Waals surface area contributed by atoms with Gasteiger partial charge in [-0.3, -0.25) is 9.59 Å². The van der Waals surface area contributed by atoms with Crippen molar-refractivity contribution in [2.45, 2.75) is 38.1 Å². The first-order valence-electron chi connectivity index (χ1n) is 7.46. The predicted molar refractivity (Wildman–Crippen MR) is 81.0 cm³/mol. The van der Waals surface area contributed by atoms with Crippen molar-refractivity contribution in [3.63, 3.8) is 0 Å². The fourth-order valence-corrected chi connectivity index (χ4v) is 3.40. The molecule has 2 N–H and O–H groups in total. The highest BCUT2D eigenvalue weighted by molar-refractivity contribution is 6.32. The van der Waals surface area contributed by atoms with Crippen molar-refractivity contribution in [3.05, 3.63) is 28.8 Å². The minimum atomic E-state index is -0.871. The second-order valence-electron chi connectivity index (χ2n) is 6.03. The Morgan fingerprint density at radius 2 is 2.18 bits per heavy atom. The number of hydrogen-bond acceptors (Lipinski definition) is 3. The summed E-state index contributed by atoms with van der Waals surface area (Å²) in [4.78, 5) is 23.6. The van der Waals surface area contributed by atoms with Gasteiger partial charge in [0.1, 0.15) is 5.75 Å². The molecular formula is C16H18ClNO4. The lowest BCUT2D eigenvalue weighted by atomic mass is 9.66. The van der Waals surface area contributed by atoms with Gasteiger partial charge in [-0.15, -0.1) is 0 Å². The van der Waals surface area contributed by atoms with Crippen LogP contribution in [0.5, 0.6) is 5.75 Å². The van der Waals surface area contributed by atoms with E-state index in [4.69, 9.17) is 16.3 Å². The molecule has 0 bridgehead atoms. The maximum atomic E-state index is 12.3. The molecule has 1 aliphatic heterocycles. The predicted octanol–water partition coefficient (Wildman–Crippen LogP) is 2.92. The van der Waals surface area contributed by atoms with E-state index < -0.39 is 11.4 Å². The quantitative estimate of drug-likeness (QED) is 0.893. The van der Waals surface area contributed by atoms with E-state index in [1.54, 1.807) is 6.07 Å². The second kappa shape index (κ2) is 5.80. The average molecular weight is 324 g/mol. The number of halogens is 1. The molecular weight excluding hydrogens is 306 g/mol. The lowest BCUT2D eigenvalue weighted by Gasteiger charge is -2.37. The van der Waals surface area contributed by atoms with Crippen molar-refractivity contribution in [1.82, 2.24) is 5.32 Å². The minimum absolute atomic E-state index is 0.0373. The van der Waals surface area contributed by atoms with Crippen LogP contribution in [0.4, 0.5) is 0 Å². The van der Waals surface area contributed by atoms with Gasteiger partial charge in [0.2, 0.25) is 5.91 Å². The van der Waals surface area contributed by atoms with Gasteiger partial charge < -0.3 is 15.2 Å². The summed E-state index contributed by atoms with van der Waals surface area (Å²) in [7, 11) is 0. The summed E-state index contributed by atoms with van der Waals surface area (Å²) in [6.45, 7) is 0.478. The zero-order chi connectivity index (χ0) is 15.7. The van der Waals surface area contributed by atoms with Crippen LogP contribution in [0.2, 0.25) is 5.02 Å². The van der Waals surface area contributed by atoms with Crippen molar-refractivity contribution < 1.29 is 19.4 Å². The van der Waals surface area contributed by atoms with Gasteiger partial charge in [-0.1, -0.05) is 30.2 Å². The SMILES string of the molecule is O=C(CC1(C(=O)O)CCC1)NC1CCOc2c(Cl)cccc21. The molecule has 0 radical (unpaired) electrons. The summed E-state index contributed by atoms with van der Waals surface area (Å²) < 4.78 is 5.56. The highest BCUT2D eigenvalue weighted by Crippen LogP contribution is 2.44. The first kappa shape index (κ1) is 15.2. The van der Waals surface area contributed by atoms with Crippen molar-refractivity contribution in [3.8, 4) is 5.75 Å². The molecule has 5 nitrogen and oxygen atoms in total. The first-order chi connectivity index (χ1) is 10.5. The smallest absolute Gasteiger partial charge is 0.310 e. The van der Waals surface area contributed by atoms with Gasteiger partial charge >= 0.3 is 5.97 Å². The lowest BCUT2D eigenvalue weighted by Crippen LogP contribution is -2.43. The molecule has 22 heavy (non-hydrogen) atoms. The number of amides is 1. The molecule has 1 saturated carbocycles. The zero-order valence-electron chi connectivity index (χ0n) is 12.1. The lowest BCUT2D eigenvalue weighted by molar-refractivity contribution is -0.157. The summed E-state index contributed by atoms with van der Waals surface area (Å²) in [5, 5.41) is 12.8. The van der Waals surface area contributed by atoms with Crippen molar-refractivity contribution in [2.75, 3.05) is 6.61 Å². The number of carboxylic acids is 1. The van der Waals surface area contributed by atoms with Crippen LogP contribution in [0.25, 0.3) is 0 Å². The monoisotopic (exact) mass is 323 g/mol. The normalized spacial score (nSPS) is 22.0. The van der Waals surface area contributed by atoms with Crippen LogP contribution in [0.1, 0.15) is 43.7 Å². The number of nitrogens with one attached hydrogen (secondary N) is 1. The highest BCUT2D eigenvalue weighted by Gasteiger charge is 2.46. The summed E-state index contributed by atoms with van der Waals surface area (Å²) >= 11 is 6.11. The van der Waals surface area contributed by atoms with Crippen LogP contribution >= 0.6 is 11.6 Å². The van der Waals surface area contributed by atoms with Gasteiger partial charge in [-0.25, -0.2) is 0 Å². The summed E-state index contributed by atoms with van der Waals surface area (Å²) in [6.07, 6.45) is 2.71. The van der Waals surface area contributed by atoms with Crippen LogP contribution in [-0.2, 0) is 9.59 Å². The second-order valence-corrected chi connectivity index (χ2v) is 6.44. The Labute approximate surface area is 133 Å². The first-order valence-corrected chi connectivity index (χ1v) is 7.84. The maximum Gasteiger partial charge on any atom is 0.310 e. The molecule has 118 valence electrons. The molecule has 1 aromatic carbocycles. The van der Waals surface area contributed by atoms with E-state index in [1.807, 2.05) is 12.1 Å². The molecule has 0 saturated heterocycles. The number of rotatable bonds is 4. The molecule has 0 spiro atoms. The summed E-state index contributed by atoms with van der Waals surface area (Å²) in [5.74, 6) is -0.485. The van der Waals surface area contributed by atoms with Gasteiger partial charge in [0.05, 0.1) is 23.1 Å². The van der Waals surface area contributed by atoms with E-state index in [0.29, 0.717) is 36.6 Å². The number of carbonyl (C=O) groups excluding carboxylic acids is 1. The van der Waals surface area contributed by atoms with E-state index in [-0.39, 0.29) is 18.4 Å². The number of ether oxygens (including phenoxy) is 1. The Balaban J connectivity index is 1.71. The Morgan fingerprint density at radius 3 is 2.82 bits per heavy atom. The van der Waals surface area contributed by atoms with E-state index in [1.165, 1.54) is 0 Å². The van der Waals surface area contributed by atoms with E-state index in [2.05, 4.69) is 5.32 Å². The van der Waals surface area contributed by atoms with Crippen LogP contribution in [0, 0.1) is 5.41 Å². The van der Waals surface area contributed by atoms with Crippen LogP contribution < -0.4 is 10.1 Å². The Morgan fingerprint density at radius 1 is 1.41 bits per heavy atom. The van der Waals surface area contributed by atoms with Gasteiger partial charge in [-0.2, -0.15) is 0 Å². The van der Waals surface area contributed by atoms with Gasteiger partial charge in [0, 0.05) is 18.4 Å². The molecule has 1 amide bonds. The molecule has 1 aliphatic carbocycles. The summed E-state index contributed by atoms with van der Waals surface area (Å²) in [6, 6.07) is 5.26. The largest absolute Gasteiger partial charge is 0.492 e. The molecule has 0 aromatic heterocycles. The average Bonchev–Trinajstić information content (AvgIpc) is 2.44. The maximum absolute atomic E-state index is 12.3. The van der Waals surface area contributed by atoms with Gasteiger partial charge in [-0.05, 0) is 18.9 Å². The van der Waals surface area contributed by atoms with Crippen molar-refractivity contribution in [1.29, 1.82) is 0 Å². The summed E-state index contributed by atoms with van der Waals surface area (Å²) in [5.41, 5.74) is -0.0167. The van der Waals surface area contributed by atoms with E-state index >= 15 is 0 Å². The molecule has 2 aliphatic rings. The van der Waals surface area contributed by atoms with Crippen LogP contribution in [0.3, 0.4) is 0 Å². The topological polar surface area (TPSA) is 75.6 Å². The fraction of sp³-hybridized carbons (Fsp3) is 0.500. The molecule has 1 fully saturated rings. The Kier molecular flexibility index (Phi) is 4.00. The standard InChI is InChI=1S/C16H18ClNO4/c17-11-4-1-3-10-12(5-8-22-14(10)11)18-13(19)9-16(15(20)21)6-2-7-16/h1,3-4,12H,2,5-9H2,(H,18,19)(H,20,21). The van der Waals surface area contributed by atoms with E-state index in [0.717, 1.165) is 12.0 Å². The molecule has 3 rings (SSSR count). The van der Waals surface area contributed by atoms with Crippen LogP contribution in [0.15, 0.2) is 18.2 Å². The van der Waals surface area contributed by atoms with E-state index in [9.17, 15) is 14.7 Å². The Hall–Kier alpha value is -1.75. The van der Waals surface area contributed by atoms with Crippen molar-refractivity contribution in [2.24, 2.45) is 5.41 Å². The number of para-hydroxylation sites is 1. The van der Waals surface area contributed by atoms with Gasteiger partial charge in [0.15, 0.2) is 0 Å².